The molecule has 0 bridgehead atoms. The van der Waals surface area contributed by atoms with E-state index in [1.54, 1.807) is 24.3 Å². The molecule has 1 amide bonds. The summed E-state index contributed by atoms with van der Waals surface area (Å²) in [7, 11) is 4.52. The summed E-state index contributed by atoms with van der Waals surface area (Å²) in [5, 5.41) is 10.5. The van der Waals surface area contributed by atoms with Gasteiger partial charge in [-0.05, 0) is 45.0 Å². The molecule has 0 unspecified atom stereocenters. The SMILES string of the molecule is CCOc1cc(C(=O)Nc2nnc(-c3cc(OC)c(OC)c(OC)c3)o2)cc(OCC)c1OCC. The predicted octanol–water partition coefficient (Wildman–Crippen LogP) is 4.21. The lowest BCUT2D eigenvalue weighted by Gasteiger charge is -2.16. The van der Waals surface area contributed by atoms with Crippen LogP contribution >= 0.6 is 0 Å². The predicted molar refractivity (Wildman–Crippen MR) is 127 cm³/mol. The van der Waals surface area contributed by atoms with Gasteiger partial charge >= 0.3 is 6.01 Å². The van der Waals surface area contributed by atoms with E-state index < -0.39 is 5.91 Å². The van der Waals surface area contributed by atoms with Crippen LogP contribution in [0, 0.1) is 0 Å². The van der Waals surface area contributed by atoms with Crippen molar-refractivity contribution in [2.24, 2.45) is 0 Å². The van der Waals surface area contributed by atoms with Gasteiger partial charge in [0.15, 0.2) is 23.0 Å². The molecule has 0 atom stereocenters. The molecule has 1 heterocycles. The van der Waals surface area contributed by atoms with Crippen LogP contribution in [0.25, 0.3) is 11.5 Å². The second-order valence-electron chi connectivity index (χ2n) is 6.88. The third-order valence-corrected chi connectivity index (χ3v) is 4.73. The minimum atomic E-state index is -0.491. The molecule has 1 aromatic heterocycles. The summed E-state index contributed by atoms with van der Waals surface area (Å²) in [5.74, 6) is 2.17. The number of nitrogens with zero attached hydrogens (tertiary/aromatic N) is 2. The first-order valence-corrected chi connectivity index (χ1v) is 11.0. The van der Waals surface area contributed by atoms with E-state index >= 15 is 0 Å². The molecule has 3 rings (SSSR count). The number of benzene rings is 2. The van der Waals surface area contributed by atoms with Crippen molar-refractivity contribution in [3.8, 4) is 46.0 Å². The topological polar surface area (TPSA) is 123 Å². The molecular formula is C24H29N3O8. The van der Waals surface area contributed by atoms with Gasteiger partial charge in [0.05, 0.1) is 41.2 Å². The van der Waals surface area contributed by atoms with Crippen molar-refractivity contribution in [2.75, 3.05) is 46.5 Å². The smallest absolute Gasteiger partial charge is 0.322 e. The maximum absolute atomic E-state index is 13.0. The van der Waals surface area contributed by atoms with Gasteiger partial charge in [-0.25, -0.2) is 0 Å². The summed E-state index contributed by atoms with van der Waals surface area (Å²) in [6.07, 6.45) is 0. The highest BCUT2D eigenvalue weighted by molar-refractivity contribution is 6.04. The van der Waals surface area contributed by atoms with Crippen molar-refractivity contribution in [1.29, 1.82) is 0 Å². The van der Waals surface area contributed by atoms with Gasteiger partial charge in [-0.2, -0.15) is 0 Å². The second kappa shape index (κ2) is 11.8. The zero-order valence-electron chi connectivity index (χ0n) is 20.6. The van der Waals surface area contributed by atoms with Gasteiger partial charge in [0.25, 0.3) is 5.91 Å². The van der Waals surface area contributed by atoms with E-state index in [0.717, 1.165) is 0 Å². The molecule has 0 aliphatic rings. The third-order valence-electron chi connectivity index (χ3n) is 4.73. The van der Waals surface area contributed by atoms with Crippen molar-refractivity contribution >= 4 is 11.9 Å². The number of hydrogen-bond acceptors (Lipinski definition) is 10. The standard InChI is InChI=1S/C24H29N3O8/c1-7-32-18-10-14(11-19(33-8-2)21(18)34-9-3)22(28)25-24-27-26-23(35-24)15-12-16(29-4)20(31-6)17(13-15)30-5/h10-13H,7-9H2,1-6H3,(H,25,27,28). The first-order chi connectivity index (χ1) is 17.0. The number of anilines is 1. The van der Waals surface area contributed by atoms with Crippen LogP contribution in [-0.2, 0) is 0 Å². The molecule has 3 aromatic rings. The van der Waals surface area contributed by atoms with E-state index in [0.29, 0.717) is 59.9 Å². The first-order valence-electron chi connectivity index (χ1n) is 11.0. The molecule has 1 N–H and O–H groups in total. The second-order valence-corrected chi connectivity index (χ2v) is 6.88. The average molecular weight is 488 g/mol. The minimum Gasteiger partial charge on any atom is -0.493 e. The first kappa shape index (κ1) is 25.5. The number of methoxy groups -OCH3 is 3. The highest BCUT2D eigenvalue weighted by Gasteiger charge is 2.21. The summed E-state index contributed by atoms with van der Waals surface area (Å²) in [6, 6.07) is 6.38. The highest BCUT2D eigenvalue weighted by atomic mass is 16.5. The van der Waals surface area contributed by atoms with E-state index in [1.165, 1.54) is 21.3 Å². The summed E-state index contributed by atoms with van der Waals surface area (Å²) in [5.41, 5.74) is 0.790. The molecule has 188 valence electrons. The lowest BCUT2D eigenvalue weighted by atomic mass is 10.1. The number of nitrogens with one attached hydrogen (secondary N) is 1. The number of rotatable bonds is 12. The van der Waals surface area contributed by atoms with Gasteiger partial charge in [-0.1, -0.05) is 5.10 Å². The number of hydrogen-bond donors (Lipinski definition) is 1. The van der Waals surface area contributed by atoms with Crippen LogP contribution < -0.4 is 33.7 Å². The van der Waals surface area contributed by atoms with Crippen molar-refractivity contribution in [3.05, 3.63) is 29.8 Å². The fraction of sp³-hybridized carbons (Fsp3) is 0.375. The number of aromatic nitrogens is 2. The zero-order chi connectivity index (χ0) is 25.4. The van der Waals surface area contributed by atoms with Gasteiger partial charge in [0.2, 0.25) is 17.4 Å². The molecule has 11 nitrogen and oxygen atoms in total. The van der Waals surface area contributed by atoms with Crippen LogP contribution in [0.1, 0.15) is 31.1 Å². The van der Waals surface area contributed by atoms with Gasteiger partial charge in [0.1, 0.15) is 0 Å². The van der Waals surface area contributed by atoms with Gasteiger partial charge in [0, 0.05) is 11.1 Å². The van der Waals surface area contributed by atoms with Crippen LogP contribution in [0.15, 0.2) is 28.7 Å². The number of amides is 1. The Kier molecular flexibility index (Phi) is 8.60. The minimum absolute atomic E-state index is 0.0939. The van der Waals surface area contributed by atoms with Crippen molar-refractivity contribution in [3.63, 3.8) is 0 Å². The molecule has 0 saturated heterocycles. The van der Waals surface area contributed by atoms with E-state index in [9.17, 15) is 4.79 Å². The Morgan fingerprint density at radius 2 is 1.34 bits per heavy atom. The average Bonchev–Trinajstić information content (AvgIpc) is 3.33. The lowest BCUT2D eigenvalue weighted by molar-refractivity contribution is 0.102. The molecule has 0 radical (unpaired) electrons. The summed E-state index contributed by atoms with van der Waals surface area (Å²) >= 11 is 0. The molecule has 11 heteroatoms. The van der Waals surface area contributed by atoms with E-state index in [-0.39, 0.29) is 17.5 Å². The molecule has 2 aromatic carbocycles. The number of ether oxygens (including phenoxy) is 6. The van der Waals surface area contributed by atoms with Crippen LogP contribution in [0.5, 0.6) is 34.5 Å². The quantitative estimate of drug-likeness (QED) is 0.397. The van der Waals surface area contributed by atoms with Crippen molar-refractivity contribution < 1.29 is 37.6 Å². The van der Waals surface area contributed by atoms with Crippen molar-refractivity contribution in [2.45, 2.75) is 20.8 Å². The van der Waals surface area contributed by atoms with Gasteiger partial charge in [-0.15, -0.1) is 5.10 Å². The Morgan fingerprint density at radius 1 is 0.771 bits per heavy atom. The van der Waals surface area contributed by atoms with Crippen LogP contribution in [0.4, 0.5) is 6.01 Å². The molecule has 0 saturated carbocycles. The summed E-state index contributed by atoms with van der Waals surface area (Å²) in [4.78, 5) is 13.0. The molecule has 35 heavy (non-hydrogen) atoms. The van der Waals surface area contributed by atoms with Crippen molar-refractivity contribution in [1.82, 2.24) is 10.2 Å². The largest absolute Gasteiger partial charge is 0.493 e. The lowest BCUT2D eigenvalue weighted by Crippen LogP contribution is -2.13. The number of carbonyl (C=O) groups excluding carboxylic acids is 1. The van der Waals surface area contributed by atoms with Gasteiger partial charge in [-0.3, -0.25) is 10.1 Å². The van der Waals surface area contributed by atoms with Crippen LogP contribution in [0.2, 0.25) is 0 Å². The number of carbonyl (C=O) groups is 1. The van der Waals surface area contributed by atoms with E-state index in [4.69, 9.17) is 32.8 Å². The summed E-state index contributed by atoms with van der Waals surface area (Å²) in [6.45, 7) is 6.72. The van der Waals surface area contributed by atoms with Crippen LogP contribution in [-0.4, -0.2) is 57.3 Å². The molecule has 0 aliphatic carbocycles. The Hall–Kier alpha value is -4.15. The fourth-order valence-corrected chi connectivity index (χ4v) is 3.28. The Labute approximate surface area is 203 Å². The van der Waals surface area contributed by atoms with E-state index in [1.807, 2.05) is 20.8 Å². The molecule has 0 fully saturated rings. The highest BCUT2D eigenvalue weighted by Crippen LogP contribution is 2.41. The molecule has 0 aliphatic heterocycles. The monoisotopic (exact) mass is 487 g/mol. The van der Waals surface area contributed by atoms with Crippen LogP contribution in [0.3, 0.4) is 0 Å². The van der Waals surface area contributed by atoms with E-state index in [2.05, 4.69) is 15.5 Å². The maximum atomic E-state index is 13.0. The molecular weight excluding hydrogens is 458 g/mol. The fourth-order valence-electron chi connectivity index (χ4n) is 3.28. The molecule has 0 spiro atoms. The zero-order valence-corrected chi connectivity index (χ0v) is 20.6. The Balaban J connectivity index is 1.89. The Bertz CT molecular complexity index is 1110. The normalized spacial score (nSPS) is 10.5. The van der Waals surface area contributed by atoms with Gasteiger partial charge < -0.3 is 32.8 Å². The summed E-state index contributed by atoms with van der Waals surface area (Å²) < 4.78 is 38.7. The third kappa shape index (κ3) is 5.68. The Morgan fingerprint density at radius 3 is 1.83 bits per heavy atom. The maximum Gasteiger partial charge on any atom is 0.322 e.